The van der Waals surface area contributed by atoms with Crippen LogP contribution in [0.4, 0.5) is 0 Å². The number of benzene rings is 2. The zero-order chi connectivity index (χ0) is 38.9. The second-order valence-electron chi connectivity index (χ2n) is 13.4. The number of hydrogen-bond donors (Lipinski definition) is 4. The molecular weight excluding hydrogens is 724 g/mol. The van der Waals surface area contributed by atoms with Crippen LogP contribution in [0.1, 0.15) is 112 Å². The van der Waals surface area contributed by atoms with Crippen LogP contribution in [0.25, 0.3) is 0 Å². The summed E-state index contributed by atoms with van der Waals surface area (Å²) in [7, 11) is 0. The maximum Gasteiger partial charge on any atom is 0.253 e. The SMILES string of the molecule is CCC(C)Oc1cc(Br)cc(C(=O)NCc2c(C)cc(C)[nH]c2=O)c1C.CCC(C)Oc1cc(C)cc(C(=O)NCc2c(C)cc(C)[nH]c2=O)c1C. The lowest BCUT2D eigenvalue weighted by Crippen LogP contribution is -2.28. The van der Waals surface area contributed by atoms with Crippen molar-refractivity contribution in [3.8, 4) is 11.5 Å². The fraction of sp³-hybridized carbons (Fsp3) is 0.415. The highest BCUT2D eigenvalue weighted by molar-refractivity contribution is 9.10. The average Bonchev–Trinajstić information content (AvgIpc) is 3.06. The minimum atomic E-state index is -0.239. The first-order valence-electron chi connectivity index (χ1n) is 17.6. The molecule has 2 heterocycles. The molecule has 0 aliphatic rings. The Balaban J connectivity index is 0.000000280. The van der Waals surface area contributed by atoms with E-state index < -0.39 is 0 Å². The maximum absolute atomic E-state index is 12.7. The van der Waals surface area contributed by atoms with Crippen LogP contribution in [0, 0.1) is 48.5 Å². The molecule has 0 fully saturated rings. The molecule has 0 saturated carbocycles. The normalized spacial score (nSPS) is 11.9. The molecule has 2 atom stereocenters. The first-order chi connectivity index (χ1) is 24.4. The van der Waals surface area contributed by atoms with Crippen LogP contribution in [0.15, 0.2) is 50.5 Å². The fourth-order valence-electron chi connectivity index (χ4n) is 5.53. The minimum absolute atomic E-state index is 0.0627. The lowest BCUT2D eigenvalue weighted by atomic mass is 10.0. The van der Waals surface area contributed by atoms with Crippen molar-refractivity contribution in [1.82, 2.24) is 20.6 Å². The van der Waals surface area contributed by atoms with Gasteiger partial charge in [-0.3, -0.25) is 19.2 Å². The van der Waals surface area contributed by atoms with E-state index in [-0.39, 0.29) is 48.2 Å². The highest BCUT2D eigenvalue weighted by Gasteiger charge is 2.18. The first-order valence-corrected chi connectivity index (χ1v) is 18.4. The van der Waals surface area contributed by atoms with Gasteiger partial charge in [-0.1, -0.05) is 29.8 Å². The van der Waals surface area contributed by atoms with Gasteiger partial charge < -0.3 is 30.1 Å². The van der Waals surface area contributed by atoms with E-state index in [9.17, 15) is 19.2 Å². The summed E-state index contributed by atoms with van der Waals surface area (Å²) in [5, 5.41) is 5.71. The Morgan fingerprint density at radius 3 is 1.46 bits per heavy atom. The van der Waals surface area contributed by atoms with Gasteiger partial charge in [-0.15, -0.1) is 0 Å². The topological polar surface area (TPSA) is 142 Å². The highest BCUT2D eigenvalue weighted by atomic mass is 79.9. The number of aromatic nitrogens is 2. The molecule has 2 amide bonds. The Labute approximate surface area is 315 Å². The highest BCUT2D eigenvalue weighted by Crippen LogP contribution is 2.29. The summed E-state index contributed by atoms with van der Waals surface area (Å²) in [5.41, 5.74) is 7.79. The number of pyridine rings is 2. The molecule has 0 spiro atoms. The lowest BCUT2D eigenvalue weighted by Gasteiger charge is -2.18. The first kappa shape index (κ1) is 41.8. The van der Waals surface area contributed by atoms with E-state index in [1.807, 2.05) is 99.6 Å². The number of ether oxygens (including phenoxy) is 2. The molecule has 0 aliphatic heterocycles. The van der Waals surface area contributed by atoms with Crippen molar-refractivity contribution in [2.45, 2.75) is 114 Å². The molecule has 2 aromatic carbocycles. The van der Waals surface area contributed by atoms with Crippen molar-refractivity contribution in [3.63, 3.8) is 0 Å². The van der Waals surface area contributed by atoms with Gasteiger partial charge in [-0.05, 0) is 128 Å². The van der Waals surface area contributed by atoms with Gasteiger partial charge in [0.2, 0.25) is 0 Å². The van der Waals surface area contributed by atoms with Crippen molar-refractivity contribution in [1.29, 1.82) is 0 Å². The van der Waals surface area contributed by atoms with Gasteiger partial charge in [-0.25, -0.2) is 0 Å². The Morgan fingerprint density at radius 2 is 1.06 bits per heavy atom. The third kappa shape index (κ3) is 11.2. The Bertz CT molecular complexity index is 1890. The summed E-state index contributed by atoms with van der Waals surface area (Å²) >= 11 is 3.44. The fourth-order valence-corrected chi connectivity index (χ4v) is 5.96. The van der Waals surface area contributed by atoms with E-state index in [0.29, 0.717) is 28.0 Å². The third-order valence-corrected chi connectivity index (χ3v) is 9.42. The summed E-state index contributed by atoms with van der Waals surface area (Å²) in [4.78, 5) is 55.2. The van der Waals surface area contributed by atoms with Gasteiger partial charge >= 0.3 is 0 Å². The number of carbonyl (C=O) groups excluding carboxylic acids is 2. The van der Waals surface area contributed by atoms with Crippen LogP contribution in [-0.2, 0) is 13.1 Å². The van der Waals surface area contributed by atoms with E-state index in [0.717, 1.165) is 62.3 Å². The van der Waals surface area contributed by atoms with E-state index in [1.165, 1.54) is 0 Å². The van der Waals surface area contributed by atoms with Crippen molar-refractivity contribution in [2.24, 2.45) is 0 Å². The van der Waals surface area contributed by atoms with E-state index >= 15 is 0 Å². The van der Waals surface area contributed by atoms with E-state index in [1.54, 1.807) is 6.07 Å². The van der Waals surface area contributed by atoms with Gasteiger partial charge in [0.1, 0.15) is 11.5 Å². The second-order valence-corrected chi connectivity index (χ2v) is 14.4. The van der Waals surface area contributed by atoms with Gasteiger partial charge in [-0.2, -0.15) is 0 Å². The van der Waals surface area contributed by atoms with Gasteiger partial charge in [0.15, 0.2) is 0 Å². The van der Waals surface area contributed by atoms with Crippen molar-refractivity contribution in [2.75, 3.05) is 0 Å². The molecule has 0 bridgehead atoms. The van der Waals surface area contributed by atoms with Crippen LogP contribution in [0.5, 0.6) is 11.5 Å². The standard InChI is InChI=1S/C21H28N2O3.C20H25BrN2O3/c1-7-15(5)26-19-9-12(2)8-17(16(19)6)20(24)22-11-18-13(3)10-14(4)23-21(18)25;1-6-13(4)26-18-9-15(21)8-16(14(18)5)19(24)22-10-17-11(2)7-12(3)23-20(17)25/h8-10,15H,7,11H2,1-6H3,(H,22,24)(H,23,25);7-9,13H,6,10H2,1-5H3,(H,22,24)(H,23,25). The van der Waals surface area contributed by atoms with Gasteiger partial charge in [0.25, 0.3) is 22.9 Å². The number of aryl methyl sites for hydroxylation is 5. The monoisotopic (exact) mass is 776 g/mol. The molecule has 4 N–H and O–H groups in total. The molecule has 2 unspecified atom stereocenters. The largest absolute Gasteiger partial charge is 0.490 e. The molecule has 4 rings (SSSR count). The number of aromatic amines is 2. The third-order valence-electron chi connectivity index (χ3n) is 8.96. The molecule has 52 heavy (non-hydrogen) atoms. The van der Waals surface area contributed by atoms with Crippen LogP contribution in [0.3, 0.4) is 0 Å². The average molecular weight is 778 g/mol. The Kier molecular flexibility index (Phi) is 15.0. The van der Waals surface area contributed by atoms with Crippen LogP contribution in [-0.4, -0.2) is 34.0 Å². The molecule has 0 radical (unpaired) electrons. The van der Waals surface area contributed by atoms with Crippen LogP contribution in [0.2, 0.25) is 0 Å². The van der Waals surface area contributed by atoms with Crippen LogP contribution >= 0.6 is 15.9 Å². The van der Waals surface area contributed by atoms with Crippen LogP contribution < -0.4 is 31.2 Å². The van der Waals surface area contributed by atoms with Gasteiger partial charge in [0.05, 0.1) is 12.2 Å². The molecule has 0 aliphatic carbocycles. The Hall–Kier alpha value is -4.64. The van der Waals surface area contributed by atoms with Crippen molar-refractivity contribution >= 4 is 27.7 Å². The quantitative estimate of drug-likeness (QED) is 0.115. The Morgan fingerprint density at radius 1 is 0.654 bits per heavy atom. The lowest BCUT2D eigenvalue weighted by molar-refractivity contribution is 0.0941. The number of nitrogens with one attached hydrogen (secondary N) is 4. The maximum atomic E-state index is 12.7. The zero-order valence-electron chi connectivity index (χ0n) is 32.3. The van der Waals surface area contributed by atoms with Gasteiger partial charge in [0, 0.05) is 62.3 Å². The molecule has 0 saturated heterocycles. The summed E-state index contributed by atoms with van der Waals surface area (Å²) in [6.45, 7) is 21.6. The molecular formula is C41H53BrN4O6. The number of hydrogen-bond acceptors (Lipinski definition) is 6. The number of halogens is 1. The summed E-state index contributed by atoms with van der Waals surface area (Å²) in [5.74, 6) is 0.967. The van der Waals surface area contributed by atoms with Crippen molar-refractivity contribution < 1.29 is 19.1 Å². The zero-order valence-corrected chi connectivity index (χ0v) is 33.9. The van der Waals surface area contributed by atoms with E-state index in [4.69, 9.17) is 9.47 Å². The predicted octanol–water partition coefficient (Wildman–Crippen LogP) is 7.89. The summed E-state index contributed by atoms with van der Waals surface area (Å²) < 4.78 is 12.6. The summed E-state index contributed by atoms with van der Waals surface area (Å²) in [6.07, 6.45) is 1.92. The van der Waals surface area contributed by atoms with Crippen molar-refractivity contribution in [3.05, 3.63) is 123 Å². The predicted molar refractivity (Wildman–Crippen MR) is 211 cm³/mol. The smallest absolute Gasteiger partial charge is 0.253 e. The number of H-pyrrole nitrogens is 2. The number of carbonyl (C=O) groups is 2. The van der Waals surface area contributed by atoms with E-state index in [2.05, 4.69) is 43.5 Å². The second kappa shape index (κ2) is 18.7. The number of amides is 2. The molecule has 4 aromatic rings. The molecule has 10 nitrogen and oxygen atoms in total. The summed E-state index contributed by atoms with van der Waals surface area (Å²) in [6, 6.07) is 11.2. The molecule has 280 valence electrons. The minimum Gasteiger partial charge on any atom is -0.490 e. The molecule has 2 aromatic heterocycles. The molecule has 11 heteroatoms. The number of rotatable bonds is 12.